The average Bonchev–Trinajstić information content (AvgIpc) is 2.43. The summed E-state index contributed by atoms with van der Waals surface area (Å²) in [6, 6.07) is 0.461. The molecule has 0 atom stereocenters. The van der Waals surface area contributed by atoms with Crippen molar-refractivity contribution in [1.82, 2.24) is 4.98 Å². The van der Waals surface area contributed by atoms with E-state index in [2.05, 4.69) is 15.9 Å². The predicted octanol–water partition coefficient (Wildman–Crippen LogP) is 2.20. The molecule has 0 unspecified atom stereocenters. The molecule has 0 saturated carbocycles. The third-order valence-electron chi connectivity index (χ3n) is 3.04. The summed E-state index contributed by atoms with van der Waals surface area (Å²) < 4.78 is 41.4. The highest BCUT2D eigenvalue weighted by atomic mass is 79.9. The molecule has 1 aromatic heterocycles. The van der Waals surface area contributed by atoms with Gasteiger partial charge in [-0.15, -0.1) is 0 Å². The number of carboxylic acids is 2. The molecule has 0 spiro atoms. The van der Waals surface area contributed by atoms with Crippen LogP contribution in [0.25, 0.3) is 11.1 Å². The number of hydrogen-bond donors (Lipinski definition) is 4. The van der Waals surface area contributed by atoms with E-state index in [1.165, 1.54) is 0 Å². The van der Waals surface area contributed by atoms with Crippen molar-refractivity contribution in [1.29, 1.82) is 0 Å². The van der Waals surface area contributed by atoms with Crippen LogP contribution in [0.2, 0.25) is 0 Å². The van der Waals surface area contributed by atoms with Gasteiger partial charge in [0.25, 0.3) is 5.56 Å². The van der Waals surface area contributed by atoms with Crippen molar-refractivity contribution in [2.45, 2.75) is 0 Å². The highest BCUT2D eigenvalue weighted by Crippen LogP contribution is 2.36. The van der Waals surface area contributed by atoms with E-state index in [1.807, 2.05) is 0 Å². The molecule has 1 aromatic carbocycles. The van der Waals surface area contributed by atoms with Crippen LogP contribution in [-0.2, 0) is 0 Å². The number of carbonyl (C=O) groups is 2. The molecule has 0 aliphatic rings. The van der Waals surface area contributed by atoms with Crippen LogP contribution in [0.3, 0.4) is 0 Å². The Morgan fingerprint density at radius 2 is 1.58 bits per heavy atom. The zero-order chi connectivity index (χ0) is 18.3. The van der Waals surface area contributed by atoms with E-state index < -0.39 is 67.5 Å². The fourth-order valence-corrected chi connectivity index (χ4v) is 2.47. The number of pyridine rings is 1. The summed E-state index contributed by atoms with van der Waals surface area (Å²) in [6.45, 7) is 0. The average molecular weight is 407 g/mol. The van der Waals surface area contributed by atoms with E-state index in [9.17, 15) is 27.6 Å². The zero-order valence-corrected chi connectivity index (χ0v) is 12.9. The summed E-state index contributed by atoms with van der Waals surface area (Å²) >= 11 is 2.55. The molecule has 5 N–H and O–H groups in total. The minimum Gasteiger partial charge on any atom is -0.478 e. The van der Waals surface area contributed by atoms with Gasteiger partial charge >= 0.3 is 11.9 Å². The lowest BCUT2D eigenvalue weighted by atomic mass is 9.94. The predicted molar refractivity (Wildman–Crippen MR) is 78.4 cm³/mol. The largest absolute Gasteiger partial charge is 0.478 e. The Kier molecular flexibility index (Phi) is 4.38. The number of rotatable bonds is 3. The zero-order valence-electron chi connectivity index (χ0n) is 11.3. The molecule has 24 heavy (non-hydrogen) atoms. The summed E-state index contributed by atoms with van der Waals surface area (Å²) in [6.07, 6.45) is 0. The Morgan fingerprint density at radius 3 is 2.08 bits per heavy atom. The molecule has 0 fully saturated rings. The van der Waals surface area contributed by atoms with E-state index in [0.29, 0.717) is 6.07 Å². The maximum atomic E-state index is 14.2. The number of aromatic carboxylic acids is 2. The van der Waals surface area contributed by atoms with Crippen molar-refractivity contribution in [2.24, 2.45) is 0 Å². The van der Waals surface area contributed by atoms with Crippen molar-refractivity contribution < 1.29 is 33.0 Å². The molecular weight excluding hydrogens is 401 g/mol. The Morgan fingerprint density at radius 1 is 1.04 bits per heavy atom. The molecule has 0 amide bonds. The van der Waals surface area contributed by atoms with Gasteiger partial charge in [-0.1, -0.05) is 0 Å². The maximum absolute atomic E-state index is 14.2. The van der Waals surface area contributed by atoms with Crippen LogP contribution >= 0.6 is 15.9 Å². The standard InChI is InChI=1S/C13H6BrF3N2O5/c14-2-1-3(15)4(9(17)8(2)16)5-6(12(21)22)10(18)19-11(20)7(5)13(23)24/h1H,(H,21,22)(H,23,24)(H3,18,19,20). The van der Waals surface area contributed by atoms with E-state index in [1.54, 1.807) is 4.98 Å². The van der Waals surface area contributed by atoms with Crippen LogP contribution in [0.15, 0.2) is 15.3 Å². The summed E-state index contributed by atoms with van der Waals surface area (Å²) in [5.41, 5.74) is -0.947. The Hall–Kier alpha value is -2.82. The van der Waals surface area contributed by atoms with Gasteiger partial charge < -0.3 is 20.9 Å². The van der Waals surface area contributed by atoms with Crippen molar-refractivity contribution in [3.05, 3.63) is 49.5 Å². The van der Waals surface area contributed by atoms with Gasteiger partial charge in [0.15, 0.2) is 11.6 Å². The van der Waals surface area contributed by atoms with Gasteiger partial charge in [0.1, 0.15) is 22.8 Å². The summed E-state index contributed by atoms with van der Waals surface area (Å²) in [5.74, 6) is -9.65. The molecule has 7 nitrogen and oxygen atoms in total. The van der Waals surface area contributed by atoms with Gasteiger partial charge in [-0.25, -0.2) is 22.8 Å². The van der Waals surface area contributed by atoms with Crippen LogP contribution in [0.4, 0.5) is 19.0 Å². The van der Waals surface area contributed by atoms with Gasteiger partial charge in [-0.3, -0.25) is 4.79 Å². The third-order valence-corrected chi connectivity index (χ3v) is 3.61. The van der Waals surface area contributed by atoms with E-state index in [-0.39, 0.29) is 0 Å². The fraction of sp³-hybridized carbons (Fsp3) is 0. The molecule has 2 rings (SSSR count). The van der Waals surface area contributed by atoms with E-state index >= 15 is 0 Å². The molecule has 0 saturated heterocycles. The number of benzene rings is 1. The third kappa shape index (κ3) is 2.62. The maximum Gasteiger partial charge on any atom is 0.342 e. The summed E-state index contributed by atoms with van der Waals surface area (Å²) in [7, 11) is 0. The summed E-state index contributed by atoms with van der Waals surface area (Å²) in [4.78, 5) is 36.1. The van der Waals surface area contributed by atoms with Gasteiger partial charge in [0.2, 0.25) is 0 Å². The number of nitrogens with two attached hydrogens (primary N) is 1. The smallest absolute Gasteiger partial charge is 0.342 e. The van der Waals surface area contributed by atoms with Crippen molar-refractivity contribution in [3.8, 4) is 11.1 Å². The number of aromatic nitrogens is 1. The Labute approximate surface area is 138 Å². The number of nitrogen functional groups attached to an aromatic ring is 1. The molecule has 1 heterocycles. The molecule has 0 bridgehead atoms. The molecule has 0 aliphatic carbocycles. The molecular formula is C13H6BrF3N2O5. The first-order valence-corrected chi connectivity index (χ1v) is 6.72. The van der Waals surface area contributed by atoms with Gasteiger partial charge in [0, 0.05) is 5.56 Å². The molecule has 2 aromatic rings. The number of aromatic amines is 1. The minimum absolute atomic E-state index is 0.461. The second-order valence-electron chi connectivity index (χ2n) is 4.45. The SMILES string of the molecule is Nc1[nH]c(=O)c(C(=O)O)c(-c2c(F)cc(Br)c(F)c2F)c1C(=O)O. The van der Waals surface area contributed by atoms with Crippen LogP contribution < -0.4 is 11.3 Å². The Bertz CT molecular complexity index is 958. The number of nitrogens with one attached hydrogen (secondary N) is 1. The van der Waals surface area contributed by atoms with Gasteiger partial charge in [-0.05, 0) is 22.0 Å². The lowest BCUT2D eigenvalue weighted by molar-refractivity contribution is 0.0695. The van der Waals surface area contributed by atoms with Crippen molar-refractivity contribution in [2.75, 3.05) is 5.73 Å². The first-order valence-electron chi connectivity index (χ1n) is 5.93. The Balaban J connectivity index is 3.15. The van der Waals surface area contributed by atoms with E-state index in [0.717, 1.165) is 0 Å². The molecule has 0 aliphatic heterocycles. The molecule has 11 heteroatoms. The lowest BCUT2D eigenvalue weighted by Gasteiger charge is -2.14. The normalized spacial score (nSPS) is 10.7. The number of H-pyrrole nitrogens is 1. The van der Waals surface area contributed by atoms with Crippen LogP contribution in [0, 0.1) is 17.5 Å². The quantitative estimate of drug-likeness (QED) is 0.456. The van der Waals surface area contributed by atoms with Crippen molar-refractivity contribution in [3.63, 3.8) is 0 Å². The first kappa shape index (κ1) is 17.5. The number of halogens is 4. The highest BCUT2D eigenvalue weighted by molar-refractivity contribution is 9.10. The highest BCUT2D eigenvalue weighted by Gasteiger charge is 2.31. The molecule has 126 valence electrons. The first-order chi connectivity index (χ1) is 11.1. The van der Waals surface area contributed by atoms with Crippen molar-refractivity contribution >= 4 is 33.7 Å². The summed E-state index contributed by atoms with van der Waals surface area (Å²) in [5, 5.41) is 18.3. The van der Waals surface area contributed by atoms with Crippen LogP contribution in [0.5, 0.6) is 0 Å². The van der Waals surface area contributed by atoms with Crippen LogP contribution in [-0.4, -0.2) is 27.1 Å². The number of hydrogen-bond acceptors (Lipinski definition) is 4. The van der Waals surface area contributed by atoms with Crippen LogP contribution in [0.1, 0.15) is 20.7 Å². The number of anilines is 1. The minimum atomic E-state index is -1.98. The topological polar surface area (TPSA) is 133 Å². The second kappa shape index (κ2) is 6.00. The number of carboxylic acid groups (broad SMARTS) is 2. The fourth-order valence-electron chi connectivity index (χ4n) is 2.09. The molecule has 0 radical (unpaired) electrons. The van der Waals surface area contributed by atoms with E-state index in [4.69, 9.17) is 15.9 Å². The monoisotopic (exact) mass is 406 g/mol. The second-order valence-corrected chi connectivity index (χ2v) is 5.30. The van der Waals surface area contributed by atoms with Gasteiger partial charge in [-0.2, -0.15) is 0 Å². The van der Waals surface area contributed by atoms with Gasteiger partial charge in [0.05, 0.1) is 10.0 Å². The lowest BCUT2D eigenvalue weighted by Crippen LogP contribution is -2.25.